The van der Waals surface area contributed by atoms with E-state index >= 15 is 0 Å². The average Bonchev–Trinajstić information content (AvgIpc) is 2.66. The van der Waals surface area contributed by atoms with Crippen LogP contribution >= 0.6 is 12.4 Å². The fourth-order valence-corrected chi connectivity index (χ4v) is 3.31. The molecule has 0 radical (unpaired) electrons. The summed E-state index contributed by atoms with van der Waals surface area (Å²) in [6, 6.07) is 11.7. The molecule has 27 heavy (non-hydrogen) atoms. The van der Waals surface area contributed by atoms with Crippen molar-refractivity contribution in [2.75, 3.05) is 26.0 Å². The summed E-state index contributed by atoms with van der Waals surface area (Å²) in [5, 5.41) is 6.05. The monoisotopic (exact) mass is 413 g/mol. The highest BCUT2D eigenvalue weighted by Gasteiger charge is 2.20. The molecule has 0 saturated heterocycles. The highest BCUT2D eigenvalue weighted by molar-refractivity contribution is 7.89. The molecule has 2 aromatic carbocycles. The van der Waals surface area contributed by atoms with Crippen LogP contribution in [0.25, 0.3) is 0 Å². The molecule has 0 atom stereocenters. The Morgan fingerprint density at radius 3 is 2.48 bits per heavy atom. The summed E-state index contributed by atoms with van der Waals surface area (Å²) in [4.78, 5) is 12.5. The highest BCUT2D eigenvalue weighted by atomic mass is 35.5. The Balaban J connectivity index is 0.00000364. The maximum Gasteiger partial charge on any atom is 0.255 e. The van der Waals surface area contributed by atoms with E-state index in [1.165, 1.54) is 32.4 Å². The number of carbonyl (C=O) groups excluding carboxylic acids is 1. The molecule has 0 unspecified atom stereocenters. The molecule has 0 saturated carbocycles. The molecule has 0 fully saturated rings. The van der Waals surface area contributed by atoms with Gasteiger partial charge in [0, 0.05) is 17.8 Å². The van der Waals surface area contributed by atoms with Crippen LogP contribution in [0.2, 0.25) is 0 Å². The minimum atomic E-state index is -3.75. The summed E-state index contributed by atoms with van der Waals surface area (Å²) >= 11 is 0. The molecule has 0 spiro atoms. The molecule has 0 aromatic heterocycles. The van der Waals surface area contributed by atoms with Crippen LogP contribution in [0.1, 0.15) is 22.8 Å². The van der Waals surface area contributed by atoms with Crippen molar-refractivity contribution in [2.45, 2.75) is 18.4 Å². The number of hydrogen-bond donors (Lipinski definition) is 3. The van der Waals surface area contributed by atoms with E-state index in [-0.39, 0.29) is 28.6 Å². The van der Waals surface area contributed by atoms with Gasteiger partial charge in [-0.25, -0.2) is 13.1 Å². The van der Waals surface area contributed by atoms with Crippen LogP contribution in [0, 0.1) is 0 Å². The van der Waals surface area contributed by atoms with Crippen LogP contribution in [0.3, 0.4) is 0 Å². The number of ether oxygens (including phenoxy) is 1. The number of anilines is 1. The second-order valence-electron chi connectivity index (χ2n) is 5.46. The molecular weight excluding hydrogens is 390 g/mol. The Hall–Kier alpha value is -2.13. The Bertz CT molecular complexity index is 888. The van der Waals surface area contributed by atoms with E-state index < -0.39 is 15.9 Å². The number of methoxy groups -OCH3 is 1. The van der Waals surface area contributed by atoms with Crippen LogP contribution < -0.4 is 20.1 Å². The second kappa shape index (κ2) is 10.3. The zero-order valence-electron chi connectivity index (χ0n) is 15.4. The molecule has 1 amide bonds. The van der Waals surface area contributed by atoms with Gasteiger partial charge in [0.25, 0.3) is 5.91 Å². The fraction of sp³-hybridized carbons (Fsp3) is 0.278. The van der Waals surface area contributed by atoms with Crippen molar-refractivity contribution in [1.29, 1.82) is 0 Å². The van der Waals surface area contributed by atoms with Gasteiger partial charge in [-0.3, -0.25) is 4.79 Å². The lowest BCUT2D eigenvalue weighted by Gasteiger charge is -2.13. The Labute approximate surface area is 166 Å². The van der Waals surface area contributed by atoms with Crippen molar-refractivity contribution in [3.63, 3.8) is 0 Å². The number of amides is 1. The van der Waals surface area contributed by atoms with Gasteiger partial charge in [0.15, 0.2) is 0 Å². The topological polar surface area (TPSA) is 96.5 Å². The lowest BCUT2D eigenvalue weighted by molar-refractivity contribution is 0.102. The first-order valence-electron chi connectivity index (χ1n) is 8.14. The van der Waals surface area contributed by atoms with E-state index in [4.69, 9.17) is 4.74 Å². The zero-order valence-corrected chi connectivity index (χ0v) is 17.0. The third-order valence-electron chi connectivity index (χ3n) is 3.82. The van der Waals surface area contributed by atoms with E-state index in [9.17, 15) is 13.2 Å². The van der Waals surface area contributed by atoms with Gasteiger partial charge >= 0.3 is 0 Å². The van der Waals surface area contributed by atoms with Gasteiger partial charge in [-0.2, -0.15) is 0 Å². The van der Waals surface area contributed by atoms with Crippen molar-refractivity contribution in [2.24, 2.45) is 0 Å². The van der Waals surface area contributed by atoms with Gasteiger partial charge < -0.3 is 15.4 Å². The minimum Gasteiger partial charge on any atom is -0.495 e. The summed E-state index contributed by atoms with van der Waals surface area (Å²) in [7, 11) is -1.08. The molecule has 0 aliphatic rings. The van der Waals surface area contributed by atoms with Crippen LogP contribution in [0.5, 0.6) is 5.75 Å². The van der Waals surface area contributed by atoms with Crippen LogP contribution in [0.15, 0.2) is 47.4 Å². The molecule has 7 nitrogen and oxygen atoms in total. The van der Waals surface area contributed by atoms with Crippen molar-refractivity contribution < 1.29 is 17.9 Å². The highest BCUT2D eigenvalue weighted by Crippen LogP contribution is 2.25. The Morgan fingerprint density at radius 1 is 1.15 bits per heavy atom. The van der Waals surface area contributed by atoms with Gasteiger partial charge in [-0.05, 0) is 43.4 Å². The molecule has 0 bridgehead atoms. The van der Waals surface area contributed by atoms with Gasteiger partial charge in [-0.1, -0.05) is 25.1 Å². The number of nitrogens with one attached hydrogen (secondary N) is 3. The number of rotatable bonds is 8. The third-order valence-corrected chi connectivity index (χ3v) is 5.25. The van der Waals surface area contributed by atoms with Crippen molar-refractivity contribution in [3.8, 4) is 5.75 Å². The van der Waals surface area contributed by atoms with E-state index in [1.807, 2.05) is 25.1 Å². The predicted octanol–water partition coefficient (Wildman–Crippen LogP) is 2.39. The number of carbonyl (C=O) groups is 1. The number of para-hydroxylation sites is 1. The summed E-state index contributed by atoms with van der Waals surface area (Å²) in [6.07, 6.45) is 0. The maximum absolute atomic E-state index is 12.6. The SMILES string of the molecule is CCNCc1ccccc1NC(=O)c1ccc(OC)c(S(=O)(=O)NC)c1.Cl. The van der Waals surface area contributed by atoms with Gasteiger partial charge in [0.1, 0.15) is 10.6 Å². The molecule has 2 aromatic rings. The third kappa shape index (κ3) is 5.67. The van der Waals surface area contributed by atoms with Gasteiger partial charge in [-0.15, -0.1) is 12.4 Å². The number of benzene rings is 2. The van der Waals surface area contributed by atoms with Gasteiger partial charge in [0.2, 0.25) is 10.0 Å². The zero-order chi connectivity index (χ0) is 19.2. The molecular formula is C18H24ClN3O4S. The molecule has 0 aliphatic carbocycles. The molecule has 2 rings (SSSR count). The maximum atomic E-state index is 12.6. The van der Waals surface area contributed by atoms with Crippen molar-refractivity contribution >= 4 is 34.0 Å². The number of halogens is 1. The molecule has 0 heterocycles. The Kier molecular flexibility index (Phi) is 8.71. The normalized spacial score (nSPS) is 10.8. The van der Waals surface area contributed by atoms with E-state index in [0.717, 1.165) is 12.1 Å². The molecule has 9 heteroatoms. The average molecular weight is 414 g/mol. The molecule has 148 valence electrons. The van der Waals surface area contributed by atoms with Crippen LogP contribution in [-0.2, 0) is 16.6 Å². The predicted molar refractivity (Wildman–Crippen MR) is 108 cm³/mol. The second-order valence-corrected chi connectivity index (χ2v) is 7.32. The fourth-order valence-electron chi connectivity index (χ4n) is 2.39. The van der Waals surface area contributed by atoms with Crippen molar-refractivity contribution in [1.82, 2.24) is 10.0 Å². The first-order chi connectivity index (χ1) is 12.4. The van der Waals surface area contributed by atoms with E-state index in [2.05, 4.69) is 15.4 Å². The Morgan fingerprint density at radius 2 is 1.85 bits per heavy atom. The van der Waals surface area contributed by atoms with Gasteiger partial charge in [0.05, 0.1) is 7.11 Å². The summed E-state index contributed by atoms with van der Waals surface area (Å²) in [6.45, 7) is 3.43. The summed E-state index contributed by atoms with van der Waals surface area (Å²) in [5.41, 5.74) is 1.84. The van der Waals surface area contributed by atoms with Crippen molar-refractivity contribution in [3.05, 3.63) is 53.6 Å². The smallest absolute Gasteiger partial charge is 0.255 e. The summed E-state index contributed by atoms with van der Waals surface area (Å²) in [5.74, 6) is -0.229. The minimum absolute atomic E-state index is 0. The number of sulfonamides is 1. The standard InChI is InChI=1S/C18H23N3O4S.ClH/c1-4-20-12-14-7-5-6-8-15(14)21-18(22)13-9-10-16(25-3)17(11-13)26(23,24)19-2;/h5-11,19-20H,4,12H2,1-3H3,(H,21,22);1H. The van der Waals surface area contributed by atoms with Crippen LogP contribution in [0.4, 0.5) is 5.69 Å². The lowest BCUT2D eigenvalue weighted by Crippen LogP contribution is -2.21. The first-order valence-corrected chi connectivity index (χ1v) is 9.62. The largest absolute Gasteiger partial charge is 0.495 e. The summed E-state index contributed by atoms with van der Waals surface area (Å²) < 4.78 is 31.6. The quantitative estimate of drug-likeness (QED) is 0.617. The first kappa shape index (κ1) is 22.9. The molecule has 3 N–H and O–H groups in total. The lowest BCUT2D eigenvalue weighted by atomic mass is 10.1. The van der Waals surface area contributed by atoms with E-state index in [1.54, 1.807) is 6.07 Å². The number of hydrogen-bond acceptors (Lipinski definition) is 5. The van der Waals surface area contributed by atoms with E-state index in [0.29, 0.717) is 12.2 Å². The van der Waals surface area contributed by atoms with Crippen LogP contribution in [-0.4, -0.2) is 35.0 Å². The molecule has 0 aliphatic heterocycles.